The number of rotatable bonds is 4. The van der Waals surface area contributed by atoms with Gasteiger partial charge in [0, 0.05) is 29.3 Å². The molecule has 1 unspecified atom stereocenters. The van der Waals surface area contributed by atoms with Gasteiger partial charge in [-0.1, -0.05) is 28.1 Å². The van der Waals surface area contributed by atoms with E-state index in [4.69, 9.17) is 10.5 Å². The van der Waals surface area contributed by atoms with Crippen molar-refractivity contribution < 1.29 is 4.74 Å². The van der Waals surface area contributed by atoms with E-state index in [0.717, 1.165) is 22.3 Å². The average Bonchev–Trinajstić information content (AvgIpc) is 2.60. The van der Waals surface area contributed by atoms with E-state index in [0.29, 0.717) is 17.9 Å². The Kier molecular flexibility index (Phi) is 5.40. The number of nitrogens with zero attached hydrogens (tertiary/aromatic N) is 3. The van der Waals surface area contributed by atoms with Gasteiger partial charge in [0.05, 0.1) is 11.5 Å². The van der Waals surface area contributed by atoms with Crippen LogP contribution in [0.25, 0.3) is 0 Å². The molecular weight excluding hydrogens is 408 g/mol. The third-order valence-corrected chi connectivity index (χ3v) is 5.14. The molecule has 2 aromatic rings. The molecule has 2 N–H and O–H groups in total. The second-order valence-corrected chi connectivity index (χ2v) is 7.72. The van der Waals surface area contributed by atoms with Gasteiger partial charge >= 0.3 is 0 Å². The number of hydrogen-bond acceptors (Lipinski definition) is 5. The highest BCUT2D eigenvalue weighted by atomic mass is 79.9. The molecule has 0 saturated heterocycles. The van der Waals surface area contributed by atoms with Gasteiger partial charge in [-0.15, -0.1) is 0 Å². The zero-order valence-electron chi connectivity index (χ0n) is 15.5. The zero-order chi connectivity index (χ0) is 19.7. The molecule has 7 heteroatoms. The van der Waals surface area contributed by atoms with Crippen molar-refractivity contribution in [2.45, 2.75) is 19.4 Å². The Morgan fingerprint density at radius 3 is 2.74 bits per heavy atom. The summed E-state index contributed by atoms with van der Waals surface area (Å²) in [7, 11) is 3.92. The van der Waals surface area contributed by atoms with Crippen LogP contribution in [-0.4, -0.2) is 30.1 Å². The van der Waals surface area contributed by atoms with Crippen LogP contribution in [0, 0.1) is 18.3 Å². The Hall–Kier alpha value is -2.56. The number of nitriles is 1. The molecular formula is C20H21BrN4O2. The minimum Gasteiger partial charge on any atom is -0.440 e. The summed E-state index contributed by atoms with van der Waals surface area (Å²) in [6.45, 7) is 3.15. The monoisotopic (exact) mass is 428 g/mol. The number of halogens is 1. The number of aromatic nitrogens is 1. The van der Waals surface area contributed by atoms with Crippen LogP contribution in [0.15, 0.2) is 51.1 Å². The maximum atomic E-state index is 13.4. The predicted octanol–water partition coefficient (Wildman–Crippen LogP) is 2.70. The van der Waals surface area contributed by atoms with Crippen LogP contribution in [0.2, 0.25) is 0 Å². The Balaban J connectivity index is 2.24. The van der Waals surface area contributed by atoms with Crippen molar-refractivity contribution in [3.63, 3.8) is 0 Å². The summed E-state index contributed by atoms with van der Waals surface area (Å²) in [6.07, 6.45) is 0. The minimum absolute atomic E-state index is 0.0415. The van der Waals surface area contributed by atoms with Crippen LogP contribution >= 0.6 is 15.9 Å². The van der Waals surface area contributed by atoms with Gasteiger partial charge in [0.15, 0.2) is 0 Å². The molecule has 3 rings (SSSR count). The maximum absolute atomic E-state index is 13.4. The van der Waals surface area contributed by atoms with Crippen molar-refractivity contribution in [1.29, 1.82) is 5.26 Å². The lowest BCUT2D eigenvalue weighted by molar-refractivity contribution is 0.369. The molecule has 0 spiro atoms. The minimum atomic E-state index is -0.560. The highest BCUT2D eigenvalue weighted by molar-refractivity contribution is 9.10. The Morgan fingerprint density at radius 1 is 1.37 bits per heavy atom. The van der Waals surface area contributed by atoms with Gasteiger partial charge < -0.3 is 19.9 Å². The fourth-order valence-electron chi connectivity index (χ4n) is 3.28. The van der Waals surface area contributed by atoms with E-state index in [1.165, 1.54) is 0 Å². The fourth-order valence-corrected chi connectivity index (χ4v) is 3.70. The lowest BCUT2D eigenvalue weighted by atomic mass is 9.84. The van der Waals surface area contributed by atoms with E-state index in [9.17, 15) is 10.1 Å². The molecule has 1 aliphatic rings. The number of nitrogens with two attached hydrogens (primary N) is 1. The molecule has 1 atom stereocenters. The fraction of sp³-hybridized carbons (Fsp3) is 0.300. The summed E-state index contributed by atoms with van der Waals surface area (Å²) in [5.41, 5.74) is 8.16. The zero-order valence-corrected chi connectivity index (χ0v) is 17.1. The predicted molar refractivity (Wildman–Crippen MR) is 107 cm³/mol. The van der Waals surface area contributed by atoms with Crippen molar-refractivity contribution in [3.05, 3.63) is 73.4 Å². The number of aryl methyl sites for hydroxylation is 1. The number of ether oxygens (including phenoxy) is 1. The van der Waals surface area contributed by atoms with Gasteiger partial charge in [0.25, 0.3) is 5.56 Å². The number of pyridine rings is 1. The second-order valence-electron chi connectivity index (χ2n) is 6.80. The van der Waals surface area contributed by atoms with Crippen LogP contribution in [0.5, 0.6) is 5.75 Å². The lowest BCUT2D eigenvalue weighted by Gasteiger charge is -2.27. The Bertz CT molecular complexity index is 1020. The number of benzene rings is 1. The van der Waals surface area contributed by atoms with Gasteiger partial charge in [0.2, 0.25) is 5.88 Å². The molecule has 6 nitrogen and oxygen atoms in total. The van der Waals surface area contributed by atoms with Gasteiger partial charge in [-0.05, 0) is 38.7 Å². The molecule has 0 aliphatic carbocycles. The molecule has 1 aliphatic heterocycles. The van der Waals surface area contributed by atoms with Crippen molar-refractivity contribution in [2.24, 2.45) is 5.73 Å². The quantitative estimate of drug-likeness (QED) is 0.808. The molecule has 1 aromatic carbocycles. The number of fused-ring (bicyclic) bond motifs is 1. The SMILES string of the molecule is Cc1cc2c(c(=O)n1CCN(C)C)C(c1cccc(Br)c1)C(C#N)=C(N)O2. The van der Waals surface area contributed by atoms with Crippen molar-refractivity contribution in [3.8, 4) is 11.8 Å². The average molecular weight is 429 g/mol. The van der Waals surface area contributed by atoms with E-state index in [-0.39, 0.29) is 17.0 Å². The van der Waals surface area contributed by atoms with Gasteiger partial charge in [-0.2, -0.15) is 5.26 Å². The van der Waals surface area contributed by atoms with Crippen LogP contribution in [0.4, 0.5) is 0 Å². The standard InChI is InChI=1S/C20H21BrN4O2/c1-12-9-16-18(20(26)25(12)8-7-24(2)3)17(15(11-22)19(23)27-16)13-5-4-6-14(21)10-13/h4-6,9-10,17H,7-8,23H2,1-3H3. The summed E-state index contributed by atoms with van der Waals surface area (Å²) >= 11 is 3.46. The molecule has 0 saturated carbocycles. The number of likely N-dealkylation sites (N-methyl/N-ethyl adjacent to an activating group) is 1. The second kappa shape index (κ2) is 7.59. The molecule has 1 aromatic heterocycles. The Labute approximate surface area is 166 Å². The van der Waals surface area contributed by atoms with E-state index in [2.05, 4.69) is 22.0 Å². The number of allylic oxidation sites excluding steroid dienone is 1. The highest BCUT2D eigenvalue weighted by Gasteiger charge is 2.34. The first-order chi connectivity index (χ1) is 12.8. The first-order valence-corrected chi connectivity index (χ1v) is 9.35. The normalized spacial score (nSPS) is 16.1. The largest absolute Gasteiger partial charge is 0.440 e. The molecule has 2 heterocycles. The van der Waals surface area contributed by atoms with Crippen LogP contribution in [0.1, 0.15) is 22.7 Å². The van der Waals surface area contributed by atoms with Gasteiger partial charge in [0.1, 0.15) is 17.4 Å². The molecule has 27 heavy (non-hydrogen) atoms. The smallest absolute Gasteiger partial charge is 0.258 e. The van der Waals surface area contributed by atoms with Crippen LogP contribution in [-0.2, 0) is 6.54 Å². The van der Waals surface area contributed by atoms with Crippen molar-refractivity contribution >= 4 is 15.9 Å². The molecule has 0 bridgehead atoms. The molecule has 0 fully saturated rings. The maximum Gasteiger partial charge on any atom is 0.258 e. The van der Waals surface area contributed by atoms with Crippen molar-refractivity contribution in [1.82, 2.24) is 9.47 Å². The molecule has 0 amide bonds. The summed E-state index contributed by atoms with van der Waals surface area (Å²) < 4.78 is 8.25. The summed E-state index contributed by atoms with van der Waals surface area (Å²) in [4.78, 5) is 15.4. The Morgan fingerprint density at radius 2 is 2.11 bits per heavy atom. The van der Waals surface area contributed by atoms with Crippen LogP contribution < -0.4 is 16.0 Å². The van der Waals surface area contributed by atoms with Gasteiger partial charge in [-0.3, -0.25) is 4.79 Å². The molecule has 0 radical (unpaired) electrons. The van der Waals surface area contributed by atoms with Crippen molar-refractivity contribution in [2.75, 3.05) is 20.6 Å². The van der Waals surface area contributed by atoms with E-state index < -0.39 is 5.92 Å². The summed E-state index contributed by atoms with van der Waals surface area (Å²) in [5.74, 6) is -0.102. The summed E-state index contributed by atoms with van der Waals surface area (Å²) in [6, 6.07) is 11.5. The third kappa shape index (κ3) is 3.64. The highest BCUT2D eigenvalue weighted by Crippen LogP contribution is 2.40. The van der Waals surface area contributed by atoms with Crippen LogP contribution in [0.3, 0.4) is 0 Å². The summed E-state index contributed by atoms with van der Waals surface area (Å²) in [5, 5.41) is 9.68. The first kappa shape index (κ1) is 19.2. The van der Waals surface area contributed by atoms with Gasteiger partial charge in [-0.25, -0.2) is 0 Å². The van der Waals surface area contributed by atoms with E-state index in [1.807, 2.05) is 56.3 Å². The molecule has 140 valence electrons. The lowest BCUT2D eigenvalue weighted by Crippen LogP contribution is -2.34. The topological polar surface area (TPSA) is 84.3 Å². The van der Waals surface area contributed by atoms with E-state index in [1.54, 1.807) is 4.57 Å². The number of hydrogen-bond donors (Lipinski definition) is 1. The van der Waals surface area contributed by atoms with E-state index >= 15 is 0 Å². The first-order valence-electron chi connectivity index (χ1n) is 8.55. The third-order valence-electron chi connectivity index (χ3n) is 4.64.